The minimum absolute atomic E-state index is 0. The summed E-state index contributed by atoms with van der Waals surface area (Å²) in [6, 6.07) is 1.63. The van der Waals surface area contributed by atoms with Crippen LogP contribution in [0.1, 0.15) is 15.9 Å². The van der Waals surface area contributed by atoms with Gasteiger partial charge in [-0.25, -0.2) is 0 Å². The number of aryl methyl sites for hydroxylation is 1. The molecule has 1 heterocycles. The molecule has 11 heavy (non-hydrogen) atoms. The molecule has 0 aliphatic rings. The topological polar surface area (TPSA) is 53.0 Å². The van der Waals surface area contributed by atoms with Crippen molar-refractivity contribution in [2.24, 2.45) is 0 Å². The van der Waals surface area contributed by atoms with Crippen LogP contribution >= 0.6 is 0 Å². The minimum Gasteiger partial charge on any atom is -0.545 e. The molecule has 1 aromatic heterocycles. The molecule has 0 saturated heterocycles. The standard InChI is InChI=1S/C7H7NO2.Na/c1-5-2-3-8-4-6(5)7(9)10;/h2-4H,1H3,(H,9,10);/q;+1/p-1. The molecule has 0 bridgehead atoms. The van der Waals surface area contributed by atoms with Crippen molar-refractivity contribution in [3.05, 3.63) is 29.6 Å². The first kappa shape index (κ1) is 10.6. The van der Waals surface area contributed by atoms with E-state index in [1.807, 2.05) is 0 Å². The summed E-state index contributed by atoms with van der Waals surface area (Å²) in [6.07, 6.45) is 2.83. The second-order valence-corrected chi connectivity index (χ2v) is 1.98. The van der Waals surface area contributed by atoms with Crippen molar-refractivity contribution in [2.45, 2.75) is 6.92 Å². The third-order valence-corrected chi connectivity index (χ3v) is 1.26. The van der Waals surface area contributed by atoms with Crippen LogP contribution in [0.25, 0.3) is 0 Å². The van der Waals surface area contributed by atoms with Crippen LogP contribution in [-0.4, -0.2) is 11.0 Å². The second-order valence-electron chi connectivity index (χ2n) is 1.98. The smallest absolute Gasteiger partial charge is 0.545 e. The number of aromatic nitrogens is 1. The normalized spacial score (nSPS) is 8.45. The first-order valence-electron chi connectivity index (χ1n) is 2.84. The molecule has 1 rings (SSSR count). The molecule has 0 fully saturated rings. The molecule has 4 heteroatoms. The number of pyridine rings is 1. The predicted octanol–water partition coefficient (Wildman–Crippen LogP) is -3.24. The number of hydrogen-bond donors (Lipinski definition) is 0. The van der Waals surface area contributed by atoms with E-state index in [-0.39, 0.29) is 35.1 Å². The number of rotatable bonds is 1. The van der Waals surface area contributed by atoms with Crippen molar-refractivity contribution in [3.8, 4) is 0 Å². The van der Waals surface area contributed by atoms with Crippen LogP contribution in [0.4, 0.5) is 0 Å². The van der Waals surface area contributed by atoms with Crippen molar-refractivity contribution in [2.75, 3.05) is 0 Å². The van der Waals surface area contributed by atoms with Crippen LogP contribution in [0, 0.1) is 6.92 Å². The van der Waals surface area contributed by atoms with Crippen LogP contribution in [-0.2, 0) is 0 Å². The van der Waals surface area contributed by atoms with E-state index >= 15 is 0 Å². The van der Waals surface area contributed by atoms with E-state index < -0.39 is 5.97 Å². The monoisotopic (exact) mass is 159 g/mol. The van der Waals surface area contributed by atoms with Crippen LogP contribution in [0.5, 0.6) is 0 Å². The average molecular weight is 159 g/mol. The summed E-state index contributed by atoms with van der Waals surface area (Å²) in [6.45, 7) is 1.70. The van der Waals surface area contributed by atoms with Gasteiger partial charge in [0.2, 0.25) is 0 Å². The third kappa shape index (κ3) is 2.61. The molecule has 0 N–H and O–H groups in total. The molecule has 0 radical (unpaired) electrons. The fourth-order valence-electron chi connectivity index (χ4n) is 0.678. The summed E-state index contributed by atoms with van der Waals surface area (Å²) in [5.74, 6) is -1.18. The zero-order valence-electron chi connectivity index (χ0n) is 6.50. The summed E-state index contributed by atoms with van der Waals surface area (Å²) < 4.78 is 0. The van der Waals surface area contributed by atoms with Gasteiger partial charge in [-0.1, -0.05) is 0 Å². The molecular formula is C7H6NNaO2. The minimum atomic E-state index is -1.18. The first-order valence-corrected chi connectivity index (χ1v) is 2.84. The zero-order valence-corrected chi connectivity index (χ0v) is 8.50. The van der Waals surface area contributed by atoms with Gasteiger partial charge in [0.05, 0.1) is 5.97 Å². The molecule has 0 unspecified atom stereocenters. The number of aromatic carboxylic acids is 1. The Morgan fingerprint density at radius 1 is 1.64 bits per heavy atom. The van der Waals surface area contributed by atoms with Crippen molar-refractivity contribution in [1.82, 2.24) is 4.98 Å². The van der Waals surface area contributed by atoms with E-state index in [2.05, 4.69) is 4.98 Å². The summed E-state index contributed by atoms with van der Waals surface area (Å²) in [5, 5.41) is 10.3. The van der Waals surface area contributed by atoms with Crippen LogP contribution < -0.4 is 34.7 Å². The van der Waals surface area contributed by atoms with Gasteiger partial charge in [-0.15, -0.1) is 0 Å². The van der Waals surface area contributed by atoms with Crippen LogP contribution in [0.3, 0.4) is 0 Å². The molecule has 0 aliphatic heterocycles. The molecule has 0 atom stereocenters. The zero-order chi connectivity index (χ0) is 7.56. The maximum atomic E-state index is 10.3. The summed E-state index contributed by atoms with van der Waals surface area (Å²) in [5.41, 5.74) is 0.831. The summed E-state index contributed by atoms with van der Waals surface area (Å²) >= 11 is 0. The summed E-state index contributed by atoms with van der Waals surface area (Å²) in [7, 11) is 0. The Hall–Kier alpha value is -0.380. The van der Waals surface area contributed by atoms with Gasteiger partial charge in [-0.05, 0) is 18.6 Å². The van der Waals surface area contributed by atoms with E-state index in [1.165, 1.54) is 6.20 Å². The van der Waals surface area contributed by atoms with Gasteiger partial charge in [0.25, 0.3) is 0 Å². The number of hydrogen-bond acceptors (Lipinski definition) is 3. The van der Waals surface area contributed by atoms with Gasteiger partial charge >= 0.3 is 29.6 Å². The number of carbonyl (C=O) groups excluding carboxylic acids is 1. The maximum Gasteiger partial charge on any atom is 1.00 e. The molecule has 0 amide bonds. The van der Waals surface area contributed by atoms with Gasteiger partial charge < -0.3 is 9.90 Å². The Morgan fingerprint density at radius 2 is 2.27 bits per heavy atom. The first-order chi connectivity index (χ1) is 4.72. The SMILES string of the molecule is Cc1ccncc1C(=O)[O-].[Na+]. The number of carboxylic acids is 1. The Bertz CT molecular complexity index is 262. The average Bonchev–Trinajstić information content (AvgIpc) is 1.88. The van der Waals surface area contributed by atoms with Gasteiger partial charge in [0.1, 0.15) is 0 Å². The molecule has 0 aromatic carbocycles. The quantitative estimate of drug-likeness (QED) is 0.404. The Morgan fingerprint density at radius 3 is 2.64 bits per heavy atom. The van der Waals surface area contributed by atoms with Crippen molar-refractivity contribution < 1.29 is 39.5 Å². The van der Waals surface area contributed by atoms with Gasteiger partial charge in [0, 0.05) is 18.0 Å². The fourth-order valence-corrected chi connectivity index (χ4v) is 0.678. The summed E-state index contributed by atoms with van der Waals surface area (Å²) in [4.78, 5) is 13.9. The molecular weight excluding hydrogens is 153 g/mol. The van der Waals surface area contributed by atoms with Crippen LogP contribution in [0.15, 0.2) is 18.5 Å². The van der Waals surface area contributed by atoms with E-state index in [0.29, 0.717) is 5.56 Å². The third-order valence-electron chi connectivity index (χ3n) is 1.26. The van der Waals surface area contributed by atoms with E-state index in [9.17, 15) is 9.90 Å². The molecule has 0 spiro atoms. The van der Waals surface area contributed by atoms with Gasteiger partial charge in [0.15, 0.2) is 0 Å². The van der Waals surface area contributed by atoms with Crippen molar-refractivity contribution in [1.29, 1.82) is 0 Å². The molecule has 1 aromatic rings. The van der Waals surface area contributed by atoms with Gasteiger partial charge in [-0.3, -0.25) is 4.98 Å². The molecule has 0 saturated carbocycles. The van der Waals surface area contributed by atoms with Crippen molar-refractivity contribution >= 4 is 5.97 Å². The number of nitrogens with zero attached hydrogens (tertiary/aromatic N) is 1. The van der Waals surface area contributed by atoms with E-state index in [4.69, 9.17) is 0 Å². The Labute approximate surface area is 86.8 Å². The largest absolute Gasteiger partial charge is 1.00 e. The van der Waals surface area contributed by atoms with Crippen LogP contribution in [0.2, 0.25) is 0 Å². The predicted molar refractivity (Wildman–Crippen MR) is 33.3 cm³/mol. The maximum absolute atomic E-state index is 10.3. The second kappa shape index (κ2) is 4.49. The van der Waals surface area contributed by atoms with Gasteiger partial charge in [-0.2, -0.15) is 0 Å². The van der Waals surface area contributed by atoms with E-state index in [0.717, 1.165) is 0 Å². The Balaban J connectivity index is 0.000001000. The van der Waals surface area contributed by atoms with Crippen molar-refractivity contribution in [3.63, 3.8) is 0 Å². The Kier molecular flexibility index (Phi) is 4.33. The molecule has 52 valence electrons. The molecule has 3 nitrogen and oxygen atoms in total. The number of carboxylic acid groups (broad SMARTS) is 1. The fraction of sp³-hybridized carbons (Fsp3) is 0.143. The van der Waals surface area contributed by atoms with E-state index in [1.54, 1.807) is 19.2 Å². The number of carbonyl (C=O) groups is 1. The molecule has 0 aliphatic carbocycles.